The van der Waals surface area contributed by atoms with Gasteiger partial charge in [0.15, 0.2) is 0 Å². The lowest BCUT2D eigenvalue weighted by atomic mass is 10.1. The molecule has 1 aromatic rings. The maximum Gasteiger partial charge on any atom is 0.223 e. The van der Waals surface area contributed by atoms with Crippen LogP contribution in [-0.4, -0.2) is 24.0 Å². The summed E-state index contributed by atoms with van der Waals surface area (Å²) >= 11 is 0. The number of alkyl halides is 1. The molecule has 0 bridgehead atoms. The topological polar surface area (TPSA) is 69.1 Å². The van der Waals surface area contributed by atoms with Gasteiger partial charge < -0.3 is 4.90 Å². The van der Waals surface area contributed by atoms with Crippen molar-refractivity contribution >= 4 is 11.6 Å². The van der Waals surface area contributed by atoms with Gasteiger partial charge in [0, 0.05) is 36.0 Å². The average Bonchev–Trinajstić information content (AvgIpc) is 2.71. The molecule has 0 saturated carbocycles. The molecule has 0 radical (unpaired) electrons. The minimum atomic E-state index is -0.457. The van der Waals surface area contributed by atoms with Crippen molar-refractivity contribution in [2.75, 3.05) is 13.2 Å². The van der Waals surface area contributed by atoms with Gasteiger partial charge in [-0.2, -0.15) is 0 Å². The Bertz CT molecular complexity index is 499. The smallest absolute Gasteiger partial charge is 0.223 e. The molecule has 1 atom stereocenters. The first-order chi connectivity index (χ1) is 8.72. The van der Waals surface area contributed by atoms with Crippen molar-refractivity contribution in [2.24, 2.45) is 11.0 Å². The van der Waals surface area contributed by atoms with Crippen LogP contribution < -0.4 is 0 Å². The average molecular weight is 248 g/mol. The van der Waals surface area contributed by atoms with Gasteiger partial charge in [-0.15, -0.1) is 0 Å². The molecule has 1 saturated heterocycles. The Morgan fingerprint density at radius 1 is 1.56 bits per heavy atom. The van der Waals surface area contributed by atoms with Crippen LogP contribution in [0.1, 0.15) is 12.0 Å². The molecule has 1 aliphatic heterocycles. The molecule has 1 unspecified atom stereocenters. The quantitative estimate of drug-likeness (QED) is 0.458. The molecule has 6 heteroatoms. The third kappa shape index (κ3) is 2.78. The second-order valence-corrected chi connectivity index (χ2v) is 4.36. The van der Waals surface area contributed by atoms with Gasteiger partial charge in [-0.05, 0) is 17.2 Å². The molecule has 1 fully saturated rings. The number of benzene rings is 1. The van der Waals surface area contributed by atoms with Crippen molar-refractivity contribution in [2.45, 2.75) is 13.0 Å². The molecule has 1 aliphatic rings. The minimum absolute atomic E-state index is 0.0214. The highest BCUT2D eigenvalue weighted by Crippen LogP contribution is 2.22. The first kappa shape index (κ1) is 12.4. The van der Waals surface area contributed by atoms with Crippen LogP contribution in [0.4, 0.5) is 10.1 Å². The number of azide groups is 1. The zero-order valence-electron chi connectivity index (χ0n) is 9.79. The largest absolute Gasteiger partial charge is 0.338 e. The lowest BCUT2D eigenvalue weighted by Crippen LogP contribution is -2.24. The van der Waals surface area contributed by atoms with Crippen LogP contribution in [0.15, 0.2) is 29.4 Å². The third-order valence-corrected chi connectivity index (χ3v) is 2.96. The molecule has 2 rings (SSSR count). The molecule has 1 aromatic carbocycles. The van der Waals surface area contributed by atoms with E-state index in [0.29, 0.717) is 18.8 Å². The first-order valence-electron chi connectivity index (χ1n) is 5.70. The number of carbonyl (C=O) groups excluding carboxylic acids is 1. The molecular formula is C12H13FN4O. The van der Waals surface area contributed by atoms with E-state index in [9.17, 15) is 9.18 Å². The van der Waals surface area contributed by atoms with Crippen LogP contribution in [0.2, 0.25) is 0 Å². The van der Waals surface area contributed by atoms with E-state index in [0.717, 1.165) is 5.56 Å². The highest BCUT2D eigenvalue weighted by Gasteiger charge is 2.29. The summed E-state index contributed by atoms with van der Waals surface area (Å²) in [6, 6.07) is 7.05. The van der Waals surface area contributed by atoms with Crippen LogP contribution in [0.3, 0.4) is 0 Å². The Morgan fingerprint density at radius 3 is 3.06 bits per heavy atom. The summed E-state index contributed by atoms with van der Waals surface area (Å²) in [6.07, 6.45) is 0.284. The van der Waals surface area contributed by atoms with Gasteiger partial charge in [0.1, 0.15) is 0 Å². The summed E-state index contributed by atoms with van der Waals surface area (Å²) in [5.74, 6) is -0.204. The summed E-state index contributed by atoms with van der Waals surface area (Å²) in [7, 11) is 0. The monoisotopic (exact) mass is 248 g/mol. The number of carbonyl (C=O) groups is 1. The minimum Gasteiger partial charge on any atom is -0.338 e. The van der Waals surface area contributed by atoms with Crippen molar-refractivity contribution in [1.29, 1.82) is 0 Å². The molecule has 0 spiro atoms. The second-order valence-electron chi connectivity index (χ2n) is 4.36. The van der Waals surface area contributed by atoms with Crippen LogP contribution in [0.25, 0.3) is 10.4 Å². The van der Waals surface area contributed by atoms with Crippen molar-refractivity contribution in [1.82, 2.24) is 4.90 Å². The molecule has 0 N–H and O–H groups in total. The standard InChI is InChI=1S/C12H13FN4O/c13-6-10-5-12(18)17(8-10)7-9-2-1-3-11(4-9)15-16-14/h1-4,10H,5-8H2. The summed E-state index contributed by atoms with van der Waals surface area (Å²) in [5.41, 5.74) is 9.76. The van der Waals surface area contributed by atoms with Crippen molar-refractivity contribution in [3.8, 4) is 0 Å². The fraction of sp³-hybridized carbons (Fsp3) is 0.417. The zero-order valence-corrected chi connectivity index (χ0v) is 9.79. The molecule has 0 aliphatic carbocycles. The number of rotatable bonds is 4. The Balaban J connectivity index is 2.07. The summed E-state index contributed by atoms with van der Waals surface area (Å²) in [4.78, 5) is 16.0. The van der Waals surface area contributed by atoms with Crippen LogP contribution in [0.5, 0.6) is 0 Å². The summed E-state index contributed by atoms with van der Waals surface area (Å²) in [6.45, 7) is 0.437. The number of nitrogens with zero attached hydrogens (tertiary/aromatic N) is 4. The molecule has 0 aromatic heterocycles. The Hall–Kier alpha value is -2.07. The van der Waals surface area contributed by atoms with Gasteiger partial charge in [-0.25, -0.2) is 0 Å². The summed E-state index contributed by atoms with van der Waals surface area (Å²) in [5, 5.41) is 3.51. The zero-order chi connectivity index (χ0) is 13.0. The SMILES string of the molecule is [N-]=[N+]=Nc1cccc(CN2CC(CF)CC2=O)c1. The predicted octanol–water partition coefficient (Wildman–Crippen LogP) is 2.95. The Labute approximate surface area is 104 Å². The molecule has 94 valence electrons. The van der Waals surface area contributed by atoms with Crippen molar-refractivity contribution < 1.29 is 9.18 Å². The Kier molecular flexibility index (Phi) is 3.79. The number of hydrogen-bond donors (Lipinski definition) is 0. The van der Waals surface area contributed by atoms with Gasteiger partial charge in [-0.1, -0.05) is 23.3 Å². The lowest BCUT2D eigenvalue weighted by molar-refractivity contribution is -0.128. The van der Waals surface area contributed by atoms with E-state index in [1.807, 2.05) is 6.07 Å². The van der Waals surface area contributed by atoms with Crippen LogP contribution in [-0.2, 0) is 11.3 Å². The molecule has 5 nitrogen and oxygen atoms in total. The Morgan fingerprint density at radius 2 is 2.39 bits per heavy atom. The fourth-order valence-corrected chi connectivity index (χ4v) is 2.10. The normalized spacial score (nSPS) is 18.8. The van der Waals surface area contributed by atoms with Crippen molar-refractivity contribution in [3.05, 3.63) is 40.3 Å². The van der Waals surface area contributed by atoms with E-state index in [1.54, 1.807) is 23.1 Å². The molecule has 18 heavy (non-hydrogen) atoms. The van der Waals surface area contributed by atoms with Gasteiger partial charge in [0.2, 0.25) is 5.91 Å². The van der Waals surface area contributed by atoms with Gasteiger partial charge >= 0.3 is 0 Å². The third-order valence-electron chi connectivity index (χ3n) is 2.96. The highest BCUT2D eigenvalue weighted by molar-refractivity contribution is 5.78. The van der Waals surface area contributed by atoms with Crippen LogP contribution >= 0.6 is 0 Å². The number of halogens is 1. The van der Waals surface area contributed by atoms with E-state index in [-0.39, 0.29) is 18.2 Å². The number of amides is 1. The molecular weight excluding hydrogens is 235 g/mol. The van der Waals surface area contributed by atoms with Crippen LogP contribution in [0, 0.1) is 5.92 Å². The summed E-state index contributed by atoms with van der Waals surface area (Å²) < 4.78 is 12.5. The van der Waals surface area contributed by atoms with Gasteiger partial charge in [0.05, 0.1) is 6.67 Å². The maximum absolute atomic E-state index is 12.5. The number of hydrogen-bond acceptors (Lipinski definition) is 2. The number of likely N-dealkylation sites (tertiary alicyclic amines) is 1. The van der Waals surface area contributed by atoms with Gasteiger partial charge in [0.25, 0.3) is 0 Å². The van der Waals surface area contributed by atoms with E-state index >= 15 is 0 Å². The van der Waals surface area contributed by atoms with E-state index < -0.39 is 6.67 Å². The predicted molar refractivity (Wildman–Crippen MR) is 64.7 cm³/mol. The van der Waals surface area contributed by atoms with Crippen molar-refractivity contribution in [3.63, 3.8) is 0 Å². The highest BCUT2D eigenvalue weighted by atomic mass is 19.1. The molecule has 1 heterocycles. The first-order valence-corrected chi connectivity index (χ1v) is 5.70. The van der Waals surface area contributed by atoms with E-state index in [4.69, 9.17) is 5.53 Å². The fourth-order valence-electron chi connectivity index (χ4n) is 2.10. The lowest BCUT2D eigenvalue weighted by Gasteiger charge is -2.16. The van der Waals surface area contributed by atoms with E-state index in [1.165, 1.54) is 0 Å². The second kappa shape index (κ2) is 5.51. The molecule has 1 amide bonds. The van der Waals surface area contributed by atoms with Gasteiger partial charge in [-0.3, -0.25) is 9.18 Å². The maximum atomic E-state index is 12.5. The van der Waals surface area contributed by atoms with E-state index in [2.05, 4.69) is 10.0 Å².